The summed E-state index contributed by atoms with van der Waals surface area (Å²) >= 11 is 0. The largest absolute Gasteiger partial charge is 0.501 e. The maximum Gasteiger partial charge on any atom is 0.501 e. The van der Waals surface area contributed by atoms with Gasteiger partial charge in [-0.1, -0.05) is 0 Å². The van der Waals surface area contributed by atoms with E-state index in [0.29, 0.717) is 18.9 Å². The van der Waals surface area contributed by atoms with Gasteiger partial charge in [0.15, 0.2) is 0 Å². The van der Waals surface area contributed by atoms with Gasteiger partial charge < -0.3 is 10.2 Å². The summed E-state index contributed by atoms with van der Waals surface area (Å²) < 4.78 is 75.5. The first-order valence-corrected chi connectivity index (χ1v) is 8.63. The zero-order valence-corrected chi connectivity index (χ0v) is 13.5. The number of nitrogens with one attached hydrogen (secondary N) is 1. The molecule has 0 radical (unpaired) electrons. The van der Waals surface area contributed by atoms with Crippen LogP contribution >= 0.6 is 0 Å². The average molecular weight is 368 g/mol. The number of piperidine rings is 1. The highest BCUT2D eigenvalue weighted by Gasteiger charge is 2.48. The maximum absolute atomic E-state index is 13.4. The Morgan fingerprint density at radius 2 is 2.00 bits per heavy atom. The zero-order valence-electron chi connectivity index (χ0n) is 12.7. The molecule has 5 nitrogen and oxygen atoms in total. The summed E-state index contributed by atoms with van der Waals surface area (Å²) in [6, 6.07) is 2.26. The third kappa shape index (κ3) is 3.47. The predicted octanol–water partition coefficient (Wildman–Crippen LogP) is 2.08. The summed E-state index contributed by atoms with van der Waals surface area (Å²) in [6.07, 6.45) is 1.04. The fraction of sp³-hybridized carbons (Fsp3) is 0.500. The van der Waals surface area contributed by atoms with Crippen LogP contribution in [0.3, 0.4) is 0 Å². The number of amides is 1. The van der Waals surface area contributed by atoms with E-state index in [1.165, 1.54) is 11.9 Å². The predicted molar refractivity (Wildman–Crippen MR) is 78.6 cm³/mol. The number of anilines is 1. The van der Waals surface area contributed by atoms with Gasteiger partial charge in [-0.15, -0.1) is 0 Å². The molecule has 0 unspecified atom stereocenters. The van der Waals surface area contributed by atoms with E-state index in [9.17, 15) is 30.8 Å². The number of hydrogen-bond donors (Lipinski definition) is 1. The number of carbonyl (C=O) groups excluding carboxylic acids is 1. The molecule has 1 amide bonds. The fourth-order valence-corrected chi connectivity index (χ4v) is 3.69. The molecule has 0 aromatic heterocycles. The van der Waals surface area contributed by atoms with Crippen molar-refractivity contribution < 1.29 is 30.8 Å². The summed E-state index contributed by atoms with van der Waals surface area (Å²) in [5.74, 6) is -1.83. The first kappa shape index (κ1) is 18.5. The van der Waals surface area contributed by atoms with Gasteiger partial charge in [0, 0.05) is 20.1 Å². The molecule has 1 fully saturated rings. The molecular weight excluding hydrogens is 352 g/mol. The van der Waals surface area contributed by atoms with Crippen molar-refractivity contribution in [2.75, 3.05) is 25.0 Å². The Bertz CT molecular complexity index is 734. The molecule has 1 aliphatic rings. The lowest BCUT2D eigenvalue weighted by Gasteiger charge is -2.34. The summed E-state index contributed by atoms with van der Waals surface area (Å²) in [7, 11) is -4.26. The molecule has 2 rings (SSSR count). The van der Waals surface area contributed by atoms with Gasteiger partial charge in [-0.25, -0.2) is 12.8 Å². The van der Waals surface area contributed by atoms with E-state index < -0.39 is 32.0 Å². The molecule has 1 aromatic rings. The molecule has 24 heavy (non-hydrogen) atoms. The molecule has 1 heterocycles. The summed E-state index contributed by atoms with van der Waals surface area (Å²) in [4.78, 5) is 12.0. The molecule has 1 saturated heterocycles. The van der Waals surface area contributed by atoms with Crippen LogP contribution in [0.2, 0.25) is 0 Å². The fourth-order valence-electron chi connectivity index (χ4n) is 2.70. The Labute approximate surface area is 136 Å². The molecule has 1 aliphatic heterocycles. The van der Waals surface area contributed by atoms with Crippen molar-refractivity contribution in [3.8, 4) is 0 Å². The highest BCUT2D eigenvalue weighted by molar-refractivity contribution is 7.92. The first-order valence-electron chi connectivity index (χ1n) is 7.15. The number of rotatable bonds is 3. The molecule has 10 heteroatoms. The Hall–Kier alpha value is -1.84. The lowest BCUT2D eigenvalue weighted by atomic mass is 9.96. The third-order valence-corrected chi connectivity index (χ3v) is 5.41. The minimum atomic E-state index is -5.70. The van der Waals surface area contributed by atoms with Crippen molar-refractivity contribution >= 4 is 21.4 Å². The second kappa shape index (κ2) is 6.58. The molecular formula is C14H16F4N2O3S. The number of halogens is 4. The van der Waals surface area contributed by atoms with Crippen LogP contribution in [0.25, 0.3) is 0 Å². The van der Waals surface area contributed by atoms with Gasteiger partial charge in [0.2, 0.25) is 5.91 Å². The molecule has 0 bridgehead atoms. The number of sulfone groups is 1. The Kier molecular flexibility index (Phi) is 5.07. The van der Waals surface area contributed by atoms with Gasteiger partial charge in [-0.2, -0.15) is 13.2 Å². The van der Waals surface area contributed by atoms with Crippen molar-refractivity contribution in [2.24, 2.45) is 5.92 Å². The summed E-state index contributed by atoms with van der Waals surface area (Å²) in [5.41, 5.74) is -5.78. The van der Waals surface area contributed by atoms with E-state index in [1.54, 1.807) is 0 Å². The van der Waals surface area contributed by atoms with E-state index in [4.69, 9.17) is 0 Å². The summed E-state index contributed by atoms with van der Waals surface area (Å²) in [5, 5.41) is 2.46. The van der Waals surface area contributed by atoms with Crippen LogP contribution in [-0.4, -0.2) is 40.0 Å². The standard InChI is InChI=1S/C14H16F4N2O3S/c1-19-13(21)9-3-2-6-20(8-9)11-5-4-10(15)7-12(11)24(22,23)14(16,17)18/h4-5,7,9H,2-3,6,8H2,1H3,(H,19,21)/t9-/m0/s1. The van der Waals surface area contributed by atoms with Crippen molar-refractivity contribution in [3.63, 3.8) is 0 Å². The van der Waals surface area contributed by atoms with E-state index in [0.717, 1.165) is 12.1 Å². The summed E-state index contributed by atoms with van der Waals surface area (Å²) in [6.45, 7) is 0.338. The Morgan fingerprint density at radius 3 is 2.58 bits per heavy atom. The first-order chi connectivity index (χ1) is 11.1. The van der Waals surface area contributed by atoms with Crippen LogP contribution < -0.4 is 10.2 Å². The monoisotopic (exact) mass is 368 g/mol. The van der Waals surface area contributed by atoms with Gasteiger partial charge in [0.25, 0.3) is 9.84 Å². The quantitative estimate of drug-likeness (QED) is 0.830. The van der Waals surface area contributed by atoms with E-state index in [-0.39, 0.29) is 24.7 Å². The second-order valence-electron chi connectivity index (χ2n) is 5.46. The maximum atomic E-state index is 13.4. The highest BCUT2D eigenvalue weighted by Crippen LogP contribution is 2.37. The van der Waals surface area contributed by atoms with Crippen LogP contribution in [0.1, 0.15) is 12.8 Å². The zero-order chi connectivity index (χ0) is 18.1. The van der Waals surface area contributed by atoms with E-state index in [1.807, 2.05) is 0 Å². The Morgan fingerprint density at radius 1 is 1.33 bits per heavy atom. The van der Waals surface area contributed by atoms with Crippen molar-refractivity contribution in [3.05, 3.63) is 24.0 Å². The van der Waals surface area contributed by atoms with Gasteiger partial charge in [-0.05, 0) is 31.0 Å². The van der Waals surface area contributed by atoms with Gasteiger partial charge >= 0.3 is 5.51 Å². The third-order valence-electron chi connectivity index (χ3n) is 3.90. The van der Waals surface area contributed by atoms with Crippen LogP contribution in [0, 0.1) is 11.7 Å². The molecule has 1 atom stereocenters. The van der Waals surface area contributed by atoms with Crippen LogP contribution in [0.5, 0.6) is 0 Å². The number of carbonyl (C=O) groups is 1. The SMILES string of the molecule is CNC(=O)[C@H]1CCCN(c2ccc(F)cc2S(=O)(=O)C(F)(F)F)C1. The van der Waals surface area contributed by atoms with Crippen molar-refractivity contribution in [1.29, 1.82) is 0 Å². The Balaban J connectivity index is 2.46. The normalized spacial score (nSPS) is 19.2. The van der Waals surface area contributed by atoms with Crippen LogP contribution in [0.15, 0.2) is 23.1 Å². The number of nitrogens with zero attached hydrogens (tertiary/aromatic N) is 1. The molecule has 0 aliphatic carbocycles. The van der Waals surface area contributed by atoms with E-state index >= 15 is 0 Å². The molecule has 0 spiro atoms. The molecule has 134 valence electrons. The topological polar surface area (TPSA) is 66.5 Å². The smallest absolute Gasteiger partial charge is 0.370 e. The lowest BCUT2D eigenvalue weighted by Crippen LogP contribution is -2.43. The minimum absolute atomic E-state index is 0.0612. The van der Waals surface area contributed by atoms with Gasteiger partial charge in [0.05, 0.1) is 11.6 Å². The second-order valence-corrected chi connectivity index (χ2v) is 7.37. The van der Waals surface area contributed by atoms with Gasteiger partial charge in [0.1, 0.15) is 10.7 Å². The van der Waals surface area contributed by atoms with Crippen molar-refractivity contribution in [1.82, 2.24) is 5.32 Å². The molecule has 1 N–H and O–H groups in total. The molecule has 1 aromatic carbocycles. The number of hydrogen-bond acceptors (Lipinski definition) is 4. The van der Waals surface area contributed by atoms with Gasteiger partial charge in [-0.3, -0.25) is 4.79 Å². The molecule has 0 saturated carbocycles. The average Bonchev–Trinajstić information content (AvgIpc) is 2.53. The van der Waals surface area contributed by atoms with E-state index in [2.05, 4.69) is 5.32 Å². The number of benzene rings is 1. The highest BCUT2D eigenvalue weighted by atomic mass is 32.2. The van der Waals surface area contributed by atoms with Crippen LogP contribution in [0.4, 0.5) is 23.2 Å². The lowest BCUT2D eigenvalue weighted by molar-refractivity contribution is -0.124. The number of alkyl halides is 3. The van der Waals surface area contributed by atoms with Crippen LogP contribution in [-0.2, 0) is 14.6 Å². The van der Waals surface area contributed by atoms with Crippen molar-refractivity contribution in [2.45, 2.75) is 23.2 Å². The minimum Gasteiger partial charge on any atom is -0.370 e.